The van der Waals surface area contributed by atoms with Crippen molar-refractivity contribution in [3.05, 3.63) is 23.7 Å². The van der Waals surface area contributed by atoms with E-state index in [9.17, 15) is 14.4 Å². The summed E-state index contributed by atoms with van der Waals surface area (Å²) in [6.07, 6.45) is 0. The number of furan rings is 1. The van der Waals surface area contributed by atoms with Crippen LogP contribution in [0, 0.1) is 0 Å². The predicted octanol–water partition coefficient (Wildman–Crippen LogP) is -0.0748. The molecule has 0 aliphatic rings. The summed E-state index contributed by atoms with van der Waals surface area (Å²) in [7, 11) is 0. The Morgan fingerprint density at radius 2 is 1.94 bits per heavy atom. The molecule has 0 atom stereocenters. The van der Waals surface area contributed by atoms with Gasteiger partial charge in [0.2, 0.25) is 11.7 Å². The average molecular weight is 240 g/mol. The molecule has 0 unspecified atom stereocenters. The predicted molar refractivity (Wildman–Crippen MR) is 56.4 cm³/mol. The van der Waals surface area contributed by atoms with Gasteiger partial charge in [-0.2, -0.15) is 0 Å². The lowest BCUT2D eigenvalue weighted by Crippen LogP contribution is -2.38. The topological polar surface area (TPSA) is 114 Å². The molecule has 1 aromatic rings. The van der Waals surface area contributed by atoms with E-state index in [0.717, 1.165) is 4.90 Å². The number of nitrogens with zero attached hydrogens (tertiary/aromatic N) is 1. The van der Waals surface area contributed by atoms with Gasteiger partial charge >= 0.3 is 5.97 Å². The van der Waals surface area contributed by atoms with Crippen molar-refractivity contribution >= 4 is 17.8 Å². The van der Waals surface area contributed by atoms with Crippen LogP contribution < -0.4 is 5.73 Å². The van der Waals surface area contributed by atoms with Gasteiger partial charge in [-0.15, -0.1) is 0 Å². The summed E-state index contributed by atoms with van der Waals surface area (Å²) >= 11 is 0. The fraction of sp³-hybridized carbons (Fsp3) is 0.300. The van der Waals surface area contributed by atoms with E-state index < -0.39 is 17.8 Å². The van der Waals surface area contributed by atoms with Crippen molar-refractivity contribution in [1.82, 2.24) is 4.90 Å². The quantitative estimate of drug-likeness (QED) is 0.747. The molecule has 0 aliphatic carbocycles. The smallest absolute Gasteiger partial charge is 0.371 e. The number of carbonyl (C=O) groups excluding carboxylic acids is 2. The molecule has 2 amide bonds. The number of carboxylic acid groups (broad SMARTS) is 1. The van der Waals surface area contributed by atoms with Crippen LogP contribution in [0.5, 0.6) is 0 Å². The van der Waals surface area contributed by atoms with Crippen molar-refractivity contribution in [1.29, 1.82) is 0 Å². The number of primary amides is 1. The second-order valence-electron chi connectivity index (χ2n) is 3.25. The van der Waals surface area contributed by atoms with E-state index in [2.05, 4.69) is 0 Å². The number of likely N-dealkylation sites (N-methyl/N-ethyl adjacent to an activating group) is 1. The van der Waals surface area contributed by atoms with E-state index in [4.69, 9.17) is 15.3 Å². The number of carboxylic acids is 1. The summed E-state index contributed by atoms with van der Waals surface area (Å²) < 4.78 is 4.83. The molecule has 1 heterocycles. The summed E-state index contributed by atoms with van der Waals surface area (Å²) in [5, 5.41) is 8.63. The maximum absolute atomic E-state index is 11.8. The monoisotopic (exact) mass is 240 g/mol. The Bertz CT molecular complexity index is 451. The summed E-state index contributed by atoms with van der Waals surface area (Å²) in [6.45, 7) is 1.70. The third kappa shape index (κ3) is 3.07. The van der Waals surface area contributed by atoms with Crippen molar-refractivity contribution < 1.29 is 23.9 Å². The number of amides is 2. The standard InChI is InChI=1S/C10H12N2O5/c1-2-12(5-8(11)13)9(14)6-3-4-7(17-6)10(15)16/h3-4H,2,5H2,1H3,(H2,11,13)(H,15,16). The van der Waals surface area contributed by atoms with Crippen LogP contribution in [0.25, 0.3) is 0 Å². The Balaban J connectivity index is 2.86. The minimum Gasteiger partial charge on any atom is -0.475 e. The maximum Gasteiger partial charge on any atom is 0.371 e. The molecule has 0 saturated carbocycles. The van der Waals surface area contributed by atoms with E-state index in [1.54, 1.807) is 6.92 Å². The highest BCUT2D eigenvalue weighted by Gasteiger charge is 2.20. The number of hydrogen-bond acceptors (Lipinski definition) is 4. The zero-order valence-corrected chi connectivity index (χ0v) is 9.17. The molecule has 0 bridgehead atoms. The van der Waals surface area contributed by atoms with Crippen molar-refractivity contribution in [2.24, 2.45) is 5.73 Å². The van der Waals surface area contributed by atoms with Gasteiger partial charge in [-0.1, -0.05) is 0 Å². The zero-order valence-electron chi connectivity index (χ0n) is 9.17. The van der Waals surface area contributed by atoms with Gasteiger partial charge in [-0.3, -0.25) is 9.59 Å². The lowest BCUT2D eigenvalue weighted by molar-refractivity contribution is -0.118. The van der Waals surface area contributed by atoms with Gasteiger partial charge in [0.25, 0.3) is 5.91 Å². The summed E-state index contributed by atoms with van der Waals surface area (Å²) in [5.74, 6) is -2.94. The van der Waals surface area contributed by atoms with E-state index >= 15 is 0 Å². The molecular formula is C10H12N2O5. The molecule has 0 aromatic carbocycles. The fourth-order valence-corrected chi connectivity index (χ4v) is 1.24. The first-order chi connectivity index (χ1) is 7.95. The number of carbonyl (C=O) groups is 3. The molecule has 0 aliphatic heterocycles. The van der Waals surface area contributed by atoms with E-state index in [-0.39, 0.29) is 24.6 Å². The lowest BCUT2D eigenvalue weighted by atomic mass is 10.3. The number of rotatable bonds is 5. The van der Waals surface area contributed by atoms with Crippen LogP contribution in [-0.2, 0) is 4.79 Å². The van der Waals surface area contributed by atoms with Gasteiger partial charge < -0.3 is 20.2 Å². The van der Waals surface area contributed by atoms with Gasteiger partial charge in [0.1, 0.15) is 0 Å². The van der Waals surface area contributed by atoms with Crippen LogP contribution in [0.4, 0.5) is 0 Å². The highest BCUT2D eigenvalue weighted by Crippen LogP contribution is 2.10. The molecule has 0 saturated heterocycles. The fourth-order valence-electron chi connectivity index (χ4n) is 1.24. The Morgan fingerprint density at radius 3 is 2.35 bits per heavy atom. The minimum absolute atomic E-state index is 0.134. The number of aromatic carboxylic acids is 1. The molecule has 7 heteroatoms. The first-order valence-electron chi connectivity index (χ1n) is 4.86. The van der Waals surface area contributed by atoms with E-state index in [1.165, 1.54) is 12.1 Å². The van der Waals surface area contributed by atoms with Crippen LogP contribution in [0.2, 0.25) is 0 Å². The molecule has 7 nitrogen and oxygen atoms in total. The third-order valence-corrected chi connectivity index (χ3v) is 2.04. The molecule has 3 N–H and O–H groups in total. The summed E-state index contributed by atoms with van der Waals surface area (Å²) in [6, 6.07) is 2.42. The second-order valence-corrected chi connectivity index (χ2v) is 3.25. The normalized spacial score (nSPS) is 9.94. The number of nitrogens with two attached hydrogens (primary N) is 1. The van der Waals surface area contributed by atoms with E-state index in [1.807, 2.05) is 0 Å². The van der Waals surface area contributed by atoms with Crippen LogP contribution >= 0.6 is 0 Å². The number of hydrogen-bond donors (Lipinski definition) is 2. The molecular weight excluding hydrogens is 228 g/mol. The van der Waals surface area contributed by atoms with Gasteiger partial charge in [0, 0.05) is 6.54 Å². The van der Waals surface area contributed by atoms with Crippen LogP contribution in [0.1, 0.15) is 28.0 Å². The highest BCUT2D eigenvalue weighted by atomic mass is 16.4. The van der Waals surface area contributed by atoms with Gasteiger partial charge in [0.05, 0.1) is 6.54 Å². The van der Waals surface area contributed by atoms with Crippen LogP contribution in [0.15, 0.2) is 16.5 Å². The van der Waals surface area contributed by atoms with Crippen molar-refractivity contribution in [2.45, 2.75) is 6.92 Å². The first-order valence-corrected chi connectivity index (χ1v) is 4.86. The van der Waals surface area contributed by atoms with Gasteiger partial charge in [-0.25, -0.2) is 4.79 Å². The zero-order chi connectivity index (χ0) is 13.0. The van der Waals surface area contributed by atoms with Gasteiger partial charge in [0.15, 0.2) is 5.76 Å². The maximum atomic E-state index is 11.8. The van der Waals surface area contributed by atoms with Crippen molar-refractivity contribution in [2.75, 3.05) is 13.1 Å². The Hall–Kier alpha value is -2.31. The molecule has 0 radical (unpaired) electrons. The average Bonchev–Trinajstić information content (AvgIpc) is 2.73. The summed E-state index contributed by atoms with van der Waals surface area (Å²) in [5.41, 5.74) is 4.98. The largest absolute Gasteiger partial charge is 0.475 e. The van der Waals surface area contributed by atoms with Crippen molar-refractivity contribution in [3.8, 4) is 0 Å². The van der Waals surface area contributed by atoms with E-state index in [0.29, 0.717) is 0 Å². The minimum atomic E-state index is -1.26. The Kier molecular flexibility index (Phi) is 3.86. The van der Waals surface area contributed by atoms with Crippen molar-refractivity contribution in [3.63, 3.8) is 0 Å². The molecule has 92 valence electrons. The van der Waals surface area contributed by atoms with Crippen LogP contribution in [0.3, 0.4) is 0 Å². The molecule has 0 spiro atoms. The SMILES string of the molecule is CCN(CC(N)=O)C(=O)c1ccc(C(=O)O)o1. The molecule has 1 rings (SSSR count). The first kappa shape index (κ1) is 12.8. The van der Waals surface area contributed by atoms with Gasteiger partial charge in [-0.05, 0) is 19.1 Å². The van der Waals surface area contributed by atoms with Crippen LogP contribution in [-0.4, -0.2) is 40.9 Å². The third-order valence-electron chi connectivity index (χ3n) is 2.04. The molecule has 0 fully saturated rings. The lowest BCUT2D eigenvalue weighted by Gasteiger charge is -2.17. The molecule has 1 aromatic heterocycles. The Labute approximate surface area is 96.8 Å². The molecule has 17 heavy (non-hydrogen) atoms. The second kappa shape index (κ2) is 5.15. The Morgan fingerprint density at radius 1 is 1.35 bits per heavy atom. The highest BCUT2D eigenvalue weighted by molar-refractivity contribution is 5.95. The summed E-state index contributed by atoms with van der Waals surface area (Å²) in [4.78, 5) is 34.2.